The predicted octanol–water partition coefficient (Wildman–Crippen LogP) is 4.01. The van der Waals surface area contributed by atoms with Gasteiger partial charge in [0, 0.05) is 29.6 Å². The maximum atomic E-state index is 5.44. The number of methoxy groups -OCH3 is 4. The minimum absolute atomic E-state index is 0. The number of hydrogen-bond donors (Lipinski definition) is 1. The minimum atomic E-state index is 0. The van der Waals surface area contributed by atoms with Gasteiger partial charge in [-0.15, -0.1) is 12.4 Å². The summed E-state index contributed by atoms with van der Waals surface area (Å²) in [5.74, 6) is 2.90. The van der Waals surface area contributed by atoms with E-state index in [1.165, 1.54) is 0 Å². The number of aryl methyl sites for hydroxylation is 1. The van der Waals surface area contributed by atoms with Crippen molar-refractivity contribution < 1.29 is 23.5 Å². The summed E-state index contributed by atoms with van der Waals surface area (Å²) in [4.78, 5) is 0. The number of benzene rings is 2. The van der Waals surface area contributed by atoms with Gasteiger partial charge in [-0.25, -0.2) is 0 Å². The van der Waals surface area contributed by atoms with Gasteiger partial charge in [-0.3, -0.25) is 0 Å². The van der Waals surface area contributed by atoms with Gasteiger partial charge < -0.3 is 28.8 Å². The van der Waals surface area contributed by atoms with E-state index in [0.29, 0.717) is 17.1 Å². The molecule has 7 nitrogen and oxygen atoms in total. The fourth-order valence-electron chi connectivity index (χ4n) is 3.10. The average molecular weight is 423 g/mol. The average Bonchev–Trinajstić information content (AvgIpc) is 3.14. The van der Waals surface area contributed by atoms with Crippen molar-refractivity contribution in [3.63, 3.8) is 0 Å². The van der Waals surface area contributed by atoms with E-state index in [1.54, 1.807) is 34.5 Å². The Bertz CT molecular complexity index is 929. The highest BCUT2D eigenvalue weighted by Gasteiger charge is 2.13. The van der Waals surface area contributed by atoms with Crippen LogP contribution in [0.4, 0.5) is 0 Å². The summed E-state index contributed by atoms with van der Waals surface area (Å²) in [7, 11) is 6.53. The topological polar surface area (TPSA) is 75.0 Å². The molecule has 0 atom stereocenters. The Hall–Kier alpha value is -2.64. The predicted molar refractivity (Wildman–Crippen MR) is 114 cm³/mol. The molecule has 0 radical (unpaired) electrons. The van der Waals surface area contributed by atoms with Crippen LogP contribution >= 0.6 is 12.4 Å². The zero-order chi connectivity index (χ0) is 19.9. The lowest BCUT2D eigenvalue weighted by molar-refractivity contribution is 0.354. The second kappa shape index (κ2) is 10.8. The number of nitrogens with zero attached hydrogens (tertiary/aromatic N) is 1. The molecule has 1 N–H and O–H groups in total. The van der Waals surface area contributed by atoms with E-state index in [4.69, 9.17) is 23.5 Å². The highest BCUT2D eigenvalue weighted by atomic mass is 35.5. The van der Waals surface area contributed by atoms with Crippen LogP contribution in [0.5, 0.6) is 23.0 Å². The summed E-state index contributed by atoms with van der Waals surface area (Å²) in [5.41, 5.74) is 2.70. The fraction of sp³-hybridized carbons (Fsp3) is 0.381. The normalized spacial score (nSPS) is 10.5. The highest BCUT2D eigenvalue weighted by Crippen LogP contribution is 2.33. The molecule has 0 unspecified atom stereocenters. The van der Waals surface area contributed by atoms with E-state index in [-0.39, 0.29) is 12.4 Å². The van der Waals surface area contributed by atoms with Gasteiger partial charge in [0.1, 0.15) is 11.5 Å². The van der Waals surface area contributed by atoms with Crippen LogP contribution in [0, 0.1) is 0 Å². The largest absolute Gasteiger partial charge is 0.497 e. The minimum Gasteiger partial charge on any atom is -0.497 e. The van der Waals surface area contributed by atoms with E-state index in [9.17, 15) is 0 Å². The van der Waals surface area contributed by atoms with Gasteiger partial charge in [-0.2, -0.15) is 0 Å². The molecule has 0 amide bonds. The van der Waals surface area contributed by atoms with Crippen LogP contribution < -0.4 is 24.3 Å². The highest BCUT2D eigenvalue weighted by molar-refractivity contribution is 5.85. The van der Waals surface area contributed by atoms with Crippen molar-refractivity contribution in [3.8, 4) is 23.0 Å². The van der Waals surface area contributed by atoms with Gasteiger partial charge in [0.2, 0.25) is 0 Å². The van der Waals surface area contributed by atoms with Gasteiger partial charge in [0.25, 0.3) is 0 Å². The SMILES string of the molecule is COc1ccc(CNCCCc2noc3cc(OC)c(OC)cc23)c(OC)c1.Cl. The lowest BCUT2D eigenvalue weighted by Crippen LogP contribution is -2.16. The maximum absolute atomic E-state index is 5.44. The third-order valence-electron chi connectivity index (χ3n) is 4.63. The Labute approximate surface area is 176 Å². The molecule has 158 valence electrons. The quantitative estimate of drug-likeness (QED) is 0.495. The van der Waals surface area contributed by atoms with Gasteiger partial charge in [-0.1, -0.05) is 11.2 Å². The van der Waals surface area contributed by atoms with Crippen LogP contribution in [0.2, 0.25) is 0 Å². The van der Waals surface area contributed by atoms with E-state index < -0.39 is 0 Å². The maximum Gasteiger partial charge on any atom is 0.171 e. The van der Waals surface area contributed by atoms with Crippen LogP contribution in [-0.2, 0) is 13.0 Å². The smallest absolute Gasteiger partial charge is 0.171 e. The van der Waals surface area contributed by atoms with Crippen molar-refractivity contribution in [1.29, 1.82) is 0 Å². The molecular formula is C21H27ClN2O5. The number of nitrogens with one attached hydrogen (secondary N) is 1. The van der Waals surface area contributed by atoms with E-state index >= 15 is 0 Å². The van der Waals surface area contributed by atoms with E-state index in [2.05, 4.69) is 10.5 Å². The summed E-state index contributed by atoms with van der Waals surface area (Å²) >= 11 is 0. The van der Waals surface area contributed by atoms with Crippen LogP contribution in [0.25, 0.3) is 11.0 Å². The summed E-state index contributed by atoms with van der Waals surface area (Å²) < 4.78 is 26.8. The summed E-state index contributed by atoms with van der Waals surface area (Å²) in [6.45, 7) is 1.56. The lowest BCUT2D eigenvalue weighted by Gasteiger charge is -2.11. The number of rotatable bonds is 10. The van der Waals surface area contributed by atoms with Crippen LogP contribution in [0.3, 0.4) is 0 Å². The molecule has 0 saturated heterocycles. The van der Waals surface area contributed by atoms with Crippen molar-refractivity contribution in [2.45, 2.75) is 19.4 Å². The molecule has 0 spiro atoms. The molecule has 0 aliphatic heterocycles. The standard InChI is InChI=1S/C21H26N2O5.ClH/c1-24-15-8-7-14(18(10-15)25-2)13-22-9-5-6-17-16-11-20(26-3)21(27-4)12-19(16)28-23-17;/h7-8,10-12,22H,5-6,9,13H2,1-4H3;1H. The monoisotopic (exact) mass is 422 g/mol. The molecule has 3 rings (SSSR count). The Morgan fingerprint density at radius 1 is 0.897 bits per heavy atom. The molecule has 0 fully saturated rings. The first-order valence-corrected chi connectivity index (χ1v) is 9.12. The van der Waals surface area contributed by atoms with E-state index in [0.717, 1.165) is 54.1 Å². The van der Waals surface area contributed by atoms with Crippen LogP contribution in [0.1, 0.15) is 17.7 Å². The molecular weight excluding hydrogens is 396 g/mol. The third-order valence-corrected chi connectivity index (χ3v) is 4.63. The van der Waals surface area contributed by atoms with Gasteiger partial charge in [-0.05, 0) is 31.5 Å². The second-order valence-electron chi connectivity index (χ2n) is 6.29. The van der Waals surface area contributed by atoms with Crippen molar-refractivity contribution in [2.75, 3.05) is 35.0 Å². The second-order valence-corrected chi connectivity index (χ2v) is 6.29. The zero-order valence-corrected chi connectivity index (χ0v) is 17.9. The first-order chi connectivity index (χ1) is 13.7. The summed E-state index contributed by atoms with van der Waals surface area (Å²) in [5, 5.41) is 8.60. The molecule has 0 bridgehead atoms. The Balaban J connectivity index is 0.00000300. The van der Waals surface area contributed by atoms with E-state index in [1.807, 2.05) is 24.3 Å². The first kappa shape index (κ1) is 22.6. The molecule has 2 aromatic carbocycles. The number of fused-ring (bicyclic) bond motifs is 1. The third kappa shape index (κ3) is 5.25. The van der Waals surface area contributed by atoms with Crippen LogP contribution in [-0.4, -0.2) is 40.1 Å². The molecule has 0 aliphatic rings. The van der Waals surface area contributed by atoms with Gasteiger partial charge in [0.15, 0.2) is 17.1 Å². The molecule has 0 aliphatic carbocycles. The first-order valence-electron chi connectivity index (χ1n) is 9.12. The Kier molecular flexibility index (Phi) is 8.42. The van der Waals surface area contributed by atoms with Crippen molar-refractivity contribution >= 4 is 23.4 Å². The molecule has 29 heavy (non-hydrogen) atoms. The van der Waals surface area contributed by atoms with Gasteiger partial charge >= 0.3 is 0 Å². The Morgan fingerprint density at radius 3 is 2.31 bits per heavy atom. The van der Waals surface area contributed by atoms with Crippen molar-refractivity contribution in [2.24, 2.45) is 0 Å². The van der Waals surface area contributed by atoms with Crippen molar-refractivity contribution in [3.05, 3.63) is 41.6 Å². The Morgan fingerprint density at radius 2 is 1.62 bits per heavy atom. The molecule has 1 aromatic heterocycles. The van der Waals surface area contributed by atoms with Crippen molar-refractivity contribution in [1.82, 2.24) is 10.5 Å². The molecule has 0 saturated carbocycles. The van der Waals surface area contributed by atoms with Crippen LogP contribution in [0.15, 0.2) is 34.9 Å². The lowest BCUT2D eigenvalue weighted by atomic mass is 10.1. The molecule has 8 heteroatoms. The summed E-state index contributed by atoms with van der Waals surface area (Å²) in [6, 6.07) is 9.55. The van der Waals surface area contributed by atoms with Gasteiger partial charge in [0.05, 0.1) is 34.1 Å². The zero-order valence-electron chi connectivity index (χ0n) is 17.1. The molecule has 1 heterocycles. The number of hydrogen-bond acceptors (Lipinski definition) is 7. The number of ether oxygens (including phenoxy) is 4. The fourth-order valence-corrected chi connectivity index (χ4v) is 3.10. The molecule has 3 aromatic rings. The number of aromatic nitrogens is 1. The number of halogens is 1. The summed E-state index contributed by atoms with van der Waals surface area (Å²) in [6.07, 6.45) is 1.73.